The molecule has 4 nitrogen and oxygen atoms in total. The molecule has 0 spiro atoms. The van der Waals surface area contributed by atoms with Crippen molar-refractivity contribution in [1.82, 2.24) is 9.88 Å². The van der Waals surface area contributed by atoms with Gasteiger partial charge in [0.1, 0.15) is 5.82 Å². The smallest absolute Gasteiger partial charge is 0.128 e. The SMILES string of the molecule is C[C@H](N)c1ccc(N2CCCC2CN(C)C)nc1. The lowest BCUT2D eigenvalue weighted by atomic mass is 10.1. The van der Waals surface area contributed by atoms with Crippen LogP contribution in [-0.4, -0.2) is 43.1 Å². The summed E-state index contributed by atoms with van der Waals surface area (Å²) in [6.07, 6.45) is 4.43. The van der Waals surface area contributed by atoms with E-state index in [1.54, 1.807) is 0 Å². The summed E-state index contributed by atoms with van der Waals surface area (Å²) in [5, 5.41) is 0. The lowest BCUT2D eigenvalue weighted by Gasteiger charge is -2.28. The van der Waals surface area contributed by atoms with Gasteiger partial charge in [-0.25, -0.2) is 4.98 Å². The Labute approximate surface area is 110 Å². The number of anilines is 1. The number of likely N-dealkylation sites (N-methyl/N-ethyl adjacent to an activating group) is 1. The van der Waals surface area contributed by atoms with E-state index < -0.39 is 0 Å². The molecule has 1 aromatic rings. The summed E-state index contributed by atoms with van der Waals surface area (Å²) in [6, 6.07) is 4.85. The maximum absolute atomic E-state index is 5.85. The van der Waals surface area contributed by atoms with E-state index >= 15 is 0 Å². The van der Waals surface area contributed by atoms with Gasteiger partial charge in [0.2, 0.25) is 0 Å². The fourth-order valence-electron chi connectivity index (χ4n) is 2.59. The molecule has 1 fully saturated rings. The van der Waals surface area contributed by atoms with E-state index in [9.17, 15) is 0 Å². The molecule has 0 radical (unpaired) electrons. The van der Waals surface area contributed by atoms with Crippen LogP contribution in [0.3, 0.4) is 0 Å². The molecule has 4 heteroatoms. The molecule has 2 N–H and O–H groups in total. The van der Waals surface area contributed by atoms with Gasteiger partial charge in [0.05, 0.1) is 0 Å². The normalized spacial score (nSPS) is 21.6. The van der Waals surface area contributed by atoms with E-state index in [0.717, 1.165) is 24.5 Å². The minimum Gasteiger partial charge on any atom is -0.352 e. The number of rotatable bonds is 4. The van der Waals surface area contributed by atoms with E-state index in [4.69, 9.17) is 5.73 Å². The van der Waals surface area contributed by atoms with Crippen molar-refractivity contribution in [2.75, 3.05) is 32.1 Å². The zero-order valence-corrected chi connectivity index (χ0v) is 11.6. The first kappa shape index (κ1) is 13.3. The van der Waals surface area contributed by atoms with Crippen LogP contribution in [0.25, 0.3) is 0 Å². The summed E-state index contributed by atoms with van der Waals surface area (Å²) in [4.78, 5) is 9.24. The highest BCUT2D eigenvalue weighted by molar-refractivity contribution is 5.42. The second kappa shape index (κ2) is 5.67. The first-order valence-electron chi connectivity index (χ1n) is 6.71. The molecule has 18 heavy (non-hydrogen) atoms. The highest BCUT2D eigenvalue weighted by Crippen LogP contribution is 2.24. The van der Waals surface area contributed by atoms with Crippen LogP contribution in [0.4, 0.5) is 5.82 Å². The molecule has 1 aliphatic rings. The maximum atomic E-state index is 5.85. The van der Waals surface area contributed by atoms with E-state index in [-0.39, 0.29) is 6.04 Å². The number of aromatic nitrogens is 1. The summed E-state index contributed by atoms with van der Waals surface area (Å²) >= 11 is 0. The van der Waals surface area contributed by atoms with Crippen LogP contribution in [0.15, 0.2) is 18.3 Å². The third-order valence-corrected chi connectivity index (χ3v) is 3.54. The number of hydrogen-bond donors (Lipinski definition) is 1. The van der Waals surface area contributed by atoms with E-state index in [0.29, 0.717) is 6.04 Å². The molecule has 1 unspecified atom stereocenters. The second-order valence-corrected chi connectivity index (χ2v) is 5.49. The highest BCUT2D eigenvalue weighted by atomic mass is 15.3. The molecule has 1 aromatic heterocycles. The summed E-state index contributed by atoms with van der Waals surface area (Å²) in [5.41, 5.74) is 6.95. The molecule has 0 aromatic carbocycles. The predicted octanol–water partition coefficient (Wildman–Crippen LogP) is 1.63. The van der Waals surface area contributed by atoms with Gasteiger partial charge in [0.25, 0.3) is 0 Å². The van der Waals surface area contributed by atoms with Crippen molar-refractivity contribution in [2.45, 2.75) is 31.8 Å². The average molecular weight is 248 g/mol. The minimum absolute atomic E-state index is 0.0581. The molecule has 0 aliphatic carbocycles. The van der Waals surface area contributed by atoms with Gasteiger partial charge in [0, 0.05) is 31.4 Å². The predicted molar refractivity (Wildman–Crippen MR) is 75.8 cm³/mol. The standard InChI is InChI=1S/C14H24N4/c1-11(15)12-6-7-14(16-9-12)18-8-4-5-13(18)10-17(2)3/h6-7,9,11,13H,4-5,8,10,15H2,1-3H3/t11-,13?/m0/s1. The van der Waals surface area contributed by atoms with Crippen molar-refractivity contribution in [3.05, 3.63) is 23.9 Å². The van der Waals surface area contributed by atoms with Crippen molar-refractivity contribution in [1.29, 1.82) is 0 Å². The van der Waals surface area contributed by atoms with Crippen LogP contribution in [0, 0.1) is 0 Å². The fourth-order valence-corrected chi connectivity index (χ4v) is 2.59. The summed E-state index contributed by atoms with van der Waals surface area (Å²) in [7, 11) is 4.26. The molecule has 1 saturated heterocycles. The second-order valence-electron chi connectivity index (χ2n) is 5.49. The molecule has 0 amide bonds. The molecular weight excluding hydrogens is 224 g/mol. The first-order chi connectivity index (χ1) is 8.58. The van der Waals surface area contributed by atoms with Crippen LogP contribution in [0.1, 0.15) is 31.4 Å². The number of pyridine rings is 1. The van der Waals surface area contributed by atoms with Gasteiger partial charge in [-0.15, -0.1) is 0 Å². The monoisotopic (exact) mass is 248 g/mol. The van der Waals surface area contributed by atoms with E-state index in [1.165, 1.54) is 12.8 Å². The quantitative estimate of drug-likeness (QED) is 0.879. The largest absolute Gasteiger partial charge is 0.352 e. The van der Waals surface area contributed by atoms with Gasteiger partial charge >= 0.3 is 0 Å². The van der Waals surface area contributed by atoms with Gasteiger partial charge in [-0.05, 0) is 45.5 Å². The zero-order valence-electron chi connectivity index (χ0n) is 11.6. The minimum atomic E-state index is 0.0581. The number of hydrogen-bond acceptors (Lipinski definition) is 4. The summed E-state index contributed by atoms with van der Waals surface area (Å²) in [5.74, 6) is 1.09. The molecule has 0 saturated carbocycles. The Hall–Kier alpha value is -1.13. The lowest BCUT2D eigenvalue weighted by molar-refractivity contribution is 0.371. The third-order valence-electron chi connectivity index (χ3n) is 3.54. The Morgan fingerprint density at radius 3 is 2.83 bits per heavy atom. The maximum Gasteiger partial charge on any atom is 0.128 e. The van der Waals surface area contributed by atoms with E-state index in [2.05, 4.69) is 41.0 Å². The zero-order chi connectivity index (χ0) is 13.1. The highest BCUT2D eigenvalue weighted by Gasteiger charge is 2.25. The average Bonchev–Trinajstić information content (AvgIpc) is 2.76. The molecule has 100 valence electrons. The van der Waals surface area contributed by atoms with Crippen LogP contribution >= 0.6 is 0 Å². The fraction of sp³-hybridized carbons (Fsp3) is 0.643. The van der Waals surface area contributed by atoms with Crippen LogP contribution < -0.4 is 10.6 Å². The van der Waals surface area contributed by atoms with Gasteiger partial charge in [0.15, 0.2) is 0 Å². The molecule has 1 aliphatic heterocycles. The van der Waals surface area contributed by atoms with Crippen molar-refractivity contribution < 1.29 is 0 Å². The lowest BCUT2D eigenvalue weighted by Crippen LogP contribution is -2.38. The molecule has 2 rings (SSSR count). The molecular formula is C14H24N4. The van der Waals surface area contributed by atoms with Crippen LogP contribution in [0.2, 0.25) is 0 Å². The summed E-state index contributed by atoms with van der Waals surface area (Å²) < 4.78 is 0. The van der Waals surface area contributed by atoms with Crippen molar-refractivity contribution in [3.63, 3.8) is 0 Å². The molecule has 2 heterocycles. The number of nitrogens with two attached hydrogens (primary N) is 1. The Balaban J connectivity index is 2.10. The summed E-state index contributed by atoms with van der Waals surface area (Å²) in [6.45, 7) is 4.20. The van der Waals surface area contributed by atoms with Gasteiger partial charge in [-0.3, -0.25) is 0 Å². The van der Waals surface area contributed by atoms with Gasteiger partial charge in [-0.2, -0.15) is 0 Å². The molecule has 2 atom stereocenters. The van der Waals surface area contributed by atoms with Crippen LogP contribution in [0.5, 0.6) is 0 Å². The van der Waals surface area contributed by atoms with Crippen molar-refractivity contribution >= 4 is 5.82 Å². The Kier molecular flexibility index (Phi) is 4.19. The van der Waals surface area contributed by atoms with E-state index in [1.807, 2.05) is 13.1 Å². The van der Waals surface area contributed by atoms with Crippen molar-refractivity contribution in [2.24, 2.45) is 5.73 Å². The van der Waals surface area contributed by atoms with Gasteiger partial charge in [-0.1, -0.05) is 6.07 Å². The third kappa shape index (κ3) is 3.00. The first-order valence-corrected chi connectivity index (χ1v) is 6.71. The topological polar surface area (TPSA) is 45.4 Å². The van der Waals surface area contributed by atoms with Crippen LogP contribution in [-0.2, 0) is 0 Å². The Morgan fingerprint density at radius 1 is 1.50 bits per heavy atom. The molecule has 0 bridgehead atoms. The Bertz CT molecular complexity index is 372. The number of nitrogens with zero attached hydrogens (tertiary/aromatic N) is 3. The van der Waals surface area contributed by atoms with Gasteiger partial charge < -0.3 is 15.5 Å². The van der Waals surface area contributed by atoms with Crippen molar-refractivity contribution in [3.8, 4) is 0 Å². The Morgan fingerprint density at radius 2 is 2.28 bits per heavy atom.